The van der Waals surface area contributed by atoms with Crippen LogP contribution in [0.25, 0.3) is 0 Å². The molecule has 0 bridgehead atoms. The Morgan fingerprint density at radius 2 is 2.17 bits per heavy atom. The van der Waals surface area contributed by atoms with Crippen molar-refractivity contribution in [3.63, 3.8) is 0 Å². The summed E-state index contributed by atoms with van der Waals surface area (Å²) in [7, 11) is 0. The number of nitrogens with zero attached hydrogens (tertiary/aromatic N) is 2. The predicted octanol–water partition coefficient (Wildman–Crippen LogP) is 3.01. The van der Waals surface area contributed by atoms with Crippen LogP contribution >= 0.6 is 23.3 Å². The van der Waals surface area contributed by atoms with Crippen molar-refractivity contribution in [2.24, 2.45) is 0 Å². The van der Waals surface area contributed by atoms with E-state index in [4.69, 9.17) is 4.74 Å². The highest BCUT2D eigenvalue weighted by molar-refractivity contribution is 7.98. The first kappa shape index (κ1) is 13.0. The molecule has 4 nitrogen and oxygen atoms in total. The SMILES string of the molecule is CCOC(=O)c1snnc1CSc1ccccc1. The van der Waals surface area contributed by atoms with Crippen LogP contribution in [-0.4, -0.2) is 22.2 Å². The molecule has 0 atom stereocenters. The number of ether oxygens (including phenoxy) is 1. The van der Waals surface area contributed by atoms with Crippen LogP contribution in [0.3, 0.4) is 0 Å². The summed E-state index contributed by atoms with van der Waals surface area (Å²) in [4.78, 5) is 13.3. The molecule has 1 aromatic heterocycles. The maximum Gasteiger partial charge on any atom is 0.351 e. The summed E-state index contributed by atoms with van der Waals surface area (Å²) in [6, 6.07) is 9.98. The fourth-order valence-corrected chi connectivity index (χ4v) is 2.84. The molecule has 6 heteroatoms. The van der Waals surface area contributed by atoms with Crippen molar-refractivity contribution in [1.29, 1.82) is 0 Å². The minimum Gasteiger partial charge on any atom is -0.462 e. The summed E-state index contributed by atoms with van der Waals surface area (Å²) in [6.07, 6.45) is 0. The van der Waals surface area contributed by atoms with Crippen LogP contribution in [0, 0.1) is 0 Å². The first-order chi connectivity index (χ1) is 8.81. The predicted molar refractivity (Wildman–Crippen MR) is 71.9 cm³/mol. The van der Waals surface area contributed by atoms with Gasteiger partial charge in [-0.3, -0.25) is 0 Å². The van der Waals surface area contributed by atoms with Gasteiger partial charge >= 0.3 is 5.97 Å². The Hall–Kier alpha value is -1.40. The monoisotopic (exact) mass is 280 g/mol. The third-order valence-electron chi connectivity index (χ3n) is 2.14. The molecule has 0 spiro atoms. The Bertz CT molecular complexity index is 514. The Morgan fingerprint density at radius 1 is 1.39 bits per heavy atom. The maximum absolute atomic E-state index is 11.6. The van der Waals surface area contributed by atoms with Crippen molar-refractivity contribution in [3.8, 4) is 0 Å². The quantitative estimate of drug-likeness (QED) is 0.622. The van der Waals surface area contributed by atoms with Gasteiger partial charge in [0, 0.05) is 10.6 Å². The van der Waals surface area contributed by atoms with Crippen LogP contribution in [0.4, 0.5) is 0 Å². The Morgan fingerprint density at radius 3 is 2.89 bits per heavy atom. The first-order valence-corrected chi connectivity index (χ1v) is 7.23. The van der Waals surface area contributed by atoms with Gasteiger partial charge in [0.15, 0.2) is 4.88 Å². The standard InChI is InChI=1S/C12H12N2O2S2/c1-2-16-12(15)11-10(13-14-18-11)8-17-9-6-4-3-5-7-9/h3-7H,2,8H2,1H3. The number of carbonyl (C=O) groups excluding carboxylic acids is 1. The van der Waals surface area contributed by atoms with Crippen molar-refractivity contribution < 1.29 is 9.53 Å². The minimum atomic E-state index is -0.337. The average molecular weight is 280 g/mol. The largest absolute Gasteiger partial charge is 0.462 e. The molecule has 0 radical (unpaired) electrons. The van der Waals surface area contributed by atoms with Gasteiger partial charge in [0.25, 0.3) is 0 Å². The van der Waals surface area contributed by atoms with Gasteiger partial charge in [0.1, 0.15) is 5.69 Å². The van der Waals surface area contributed by atoms with E-state index in [1.165, 1.54) is 0 Å². The molecule has 0 saturated carbocycles. The summed E-state index contributed by atoms with van der Waals surface area (Å²) < 4.78 is 8.78. The lowest BCUT2D eigenvalue weighted by Gasteiger charge is -2.01. The molecule has 0 aliphatic heterocycles. The summed E-state index contributed by atoms with van der Waals surface area (Å²) in [5.74, 6) is 0.283. The van der Waals surface area contributed by atoms with E-state index < -0.39 is 0 Å². The summed E-state index contributed by atoms with van der Waals surface area (Å²) in [5.41, 5.74) is 0.687. The summed E-state index contributed by atoms with van der Waals surface area (Å²) >= 11 is 2.71. The molecule has 0 aliphatic rings. The van der Waals surface area contributed by atoms with Crippen molar-refractivity contribution in [2.45, 2.75) is 17.6 Å². The van der Waals surface area contributed by atoms with Gasteiger partial charge in [-0.15, -0.1) is 16.9 Å². The average Bonchev–Trinajstić information content (AvgIpc) is 2.86. The van der Waals surface area contributed by atoms with Gasteiger partial charge in [-0.2, -0.15) is 0 Å². The maximum atomic E-state index is 11.6. The van der Waals surface area contributed by atoms with E-state index in [2.05, 4.69) is 9.59 Å². The van der Waals surface area contributed by atoms with E-state index in [-0.39, 0.29) is 5.97 Å². The molecule has 0 amide bonds. The number of benzene rings is 1. The molecule has 2 rings (SSSR count). The fourth-order valence-electron chi connectivity index (χ4n) is 1.32. The highest BCUT2D eigenvalue weighted by atomic mass is 32.2. The van der Waals surface area contributed by atoms with Crippen molar-refractivity contribution in [3.05, 3.63) is 40.9 Å². The third-order valence-corrected chi connectivity index (χ3v) is 3.91. The van der Waals surface area contributed by atoms with Gasteiger partial charge in [-0.25, -0.2) is 4.79 Å². The molecule has 0 fully saturated rings. The second kappa shape index (κ2) is 6.51. The number of hydrogen-bond acceptors (Lipinski definition) is 6. The second-order valence-corrected chi connectivity index (χ2v) is 5.17. The molecule has 0 unspecified atom stereocenters. The molecule has 2 aromatic rings. The van der Waals surface area contributed by atoms with Gasteiger partial charge in [-0.1, -0.05) is 22.7 Å². The van der Waals surface area contributed by atoms with Crippen molar-refractivity contribution in [2.75, 3.05) is 6.61 Å². The lowest BCUT2D eigenvalue weighted by atomic mass is 10.4. The van der Waals surface area contributed by atoms with E-state index >= 15 is 0 Å². The molecule has 0 N–H and O–H groups in total. The Labute approximate surface area is 114 Å². The summed E-state index contributed by atoms with van der Waals surface area (Å²) in [5, 5.41) is 3.98. The van der Waals surface area contributed by atoms with Crippen molar-refractivity contribution >= 4 is 29.3 Å². The van der Waals surface area contributed by atoms with Crippen LogP contribution in [0.5, 0.6) is 0 Å². The zero-order valence-electron chi connectivity index (χ0n) is 9.83. The third kappa shape index (κ3) is 3.30. The number of esters is 1. The number of hydrogen-bond donors (Lipinski definition) is 0. The van der Waals surface area contributed by atoms with E-state index in [1.54, 1.807) is 18.7 Å². The molecule has 1 aromatic carbocycles. The van der Waals surface area contributed by atoms with E-state index in [1.807, 2.05) is 30.3 Å². The van der Waals surface area contributed by atoms with Crippen LogP contribution in [0.2, 0.25) is 0 Å². The van der Waals surface area contributed by atoms with E-state index in [0.29, 0.717) is 22.9 Å². The van der Waals surface area contributed by atoms with E-state index in [9.17, 15) is 4.79 Å². The molecular formula is C12H12N2O2S2. The van der Waals surface area contributed by atoms with Crippen LogP contribution < -0.4 is 0 Å². The highest BCUT2D eigenvalue weighted by Gasteiger charge is 2.17. The summed E-state index contributed by atoms with van der Waals surface area (Å²) in [6.45, 7) is 2.15. The molecular weight excluding hydrogens is 268 g/mol. The van der Waals surface area contributed by atoms with Gasteiger partial charge < -0.3 is 4.74 Å². The lowest BCUT2D eigenvalue weighted by molar-refractivity contribution is 0.0531. The molecule has 0 saturated heterocycles. The van der Waals surface area contributed by atoms with Crippen LogP contribution in [0.15, 0.2) is 35.2 Å². The fraction of sp³-hybridized carbons (Fsp3) is 0.250. The normalized spacial score (nSPS) is 10.3. The van der Waals surface area contributed by atoms with Crippen LogP contribution in [-0.2, 0) is 10.5 Å². The van der Waals surface area contributed by atoms with E-state index in [0.717, 1.165) is 16.4 Å². The van der Waals surface area contributed by atoms with Crippen molar-refractivity contribution in [1.82, 2.24) is 9.59 Å². The zero-order chi connectivity index (χ0) is 12.8. The number of rotatable bonds is 5. The lowest BCUT2D eigenvalue weighted by Crippen LogP contribution is -2.05. The smallest absolute Gasteiger partial charge is 0.351 e. The number of aromatic nitrogens is 2. The molecule has 94 valence electrons. The van der Waals surface area contributed by atoms with Gasteiger partial charge in [-0.05, 0) is 30.6 Å². The zero-order valence-corrected chi connectivity index (χ0v) is 11.5. The Balaban J connectivity index is 2.02. The minimum absolute atomic E-state index is 0.337. The Kier molecular flexibility index (Phi) is 4.72. The highest BCUT2D eigenvalue weighted by Crippen LogP contribution is 2.24. The molecule has 0 aliphatic carbocycles. The number of carbonyl (C=O) groups is 1. The van der Waals surface area contributed by atoms with Gasteiger partial charge in [0.05, 0.1) is 6.61 Å². The molecule has 18 heavy (non-hydrogen) atoms. The second-order valence-electron chi connectivity index (χ2n) is 3.37. The van der Waals surface area contributed by atoms with Crippen LogP contribution in [0.1, 0.15) is 22.3 Å². The van der Waals surface area contributed by atoms with Gasteiger partial charge in [0.2, 0.25) is 0 Å². The molecule has 1 heterocycles. The number of thioether (sulfide) groups is 1. The topological polar surface area (TPSA) is 52.1 Å². The first-order valence-electron chi connectivity index (χ1n) is 5.47.